The van der Waals surface area contributed by atoms with Gasteiger partial charge in [0.1, 0.15) is 11.5 Å². The topological polar surface area (TPSA) is 77.0 Å². The third-order valence-electron chi connectivity index (χ3n) is 4.42. The number of halogens is 1. The Hall–Kier alpha value is -3.36. The van der Waals surface area contributed by atoms with Gasteiger partial charge in [-0.05, 0) is 72.4 Å². The van der Waals surface area contributed by atoms with Crippen LogP contribution in [0, 0.1) is 0 Å². The van der Waals surface area contributed by atoms with Gasteiger partial charge in [0.15, 0.2) is 5.17 Å². The molecule has 0 saturated carbocycles. The molecule has 1 fully saturated rings. The van der Waals surface area contributed by atoms with Crippen molar-refractivity contribution in [2.75, 3.05) is 7.11 Å². The van der Waals surface area contributed by atoms with Gasteiger partial charge in [0.25, 0.3) is 5.91 Å². The smallest absolute Gasteiger partial charge is 0.343 e. The summed E-state index contributed by atoms with van der Waals surface area (Å²) in [4.78, 5) is 30.0. The Balaban J connectivity index is 1.58. The first kappa shape index (κ1) is 21.9. The molecule has 3 aromatic carbocycles. The molecule has 32 heavy (non-hydrogen) atoms. The summed E-state index contributed by atoms with van der Waals surface area (Å²) in [6, 6.07) is 21.2. The van der Waals surface area contributed by atoms with Crippen molar-refractivity contribution < 1.29 is 19.1 Å². The van der Waals surface area contributed by atoms with E-state index in [-0.39, 0.29) is 5.91 Å². The number of esters is 1. The van der Waals surface area contributed by atoms with E-state index < -0.39 is 5.97 Å². The molecule has 1 heterocycles. The molecule has 0 spiro atoms. The summed E-state index contributed by atoms with van der Waals surface area (Å²) in [5, 5.41) is 3.24. The van der Waals surface area contributed by atoms with Crippen molar-refractivity contribution in [2.24, 2.45) is 4.99 Å². The van der Waals surface area contributed by atoms with Gasteiger partial charge in [0.2, 0.25) is 0 Å². The van der Waals surface area contributed by atoms with E-state index in [2.05, 4.69) is 26.2 Å². The summed E-state index contributed by atoms with van der Waals surface area (Å²) in [6.07, 6.45) is 1.68. The third-order valence-corrected chi connectivity index (χ3v) is 5.83. The van der Waals surface area contributed by atoms with Crippen LogP contribution in [0.3, 0.4) is 0 Å². The Kier molecular flexibility index (Phi) is 6.72. The summed E-state index contributed by atoms with van der Waals surface area (Å²) >= 11 is 4.65. The van der Waals surface area contributed by atoms with Crippen molar-refractivity contribution in [1.29, 1.82) is 0 Å². The third kappa shape index (κ3) is 5.27. The molecular weight excluding hydrogens is 492 g/mol. The number of rotatable bonds is 5. The van der Waals surface area contributed by atoms with Gasteiger partial charge in [-0.15, -0.1) is 0 Å². The van der Waals surface area contributed by atoms with Crippen molar-refractivity contribution in [3.05, 3.63) is 93.3 Å². The predicted octanol–water partition coefficient (Wildman–Crippen LogP) is 5.57. The van der Waals surface area contributed by atoms with Crippen molar-refractivity contribution >= 4 is 56.5 Å². The molecule has 0 radical (unpaired) electrons. The number of amides is 1. The van der Waals surface area contributed by atoms with E-state index >= 15 is 0 Å². The number of aliphatic imine (C=N–C) groups is 1. The number of carbonyl (C=O) groups excluding carboxylic acids is 2. The average Bonchev–Trinajstić information content (AvgIpc) is 3.14. The zero-order valence-electron chi connectivity index (χ0n) is 16.9. The van der Waals surface area contributed by atoms with Crippen LogP contribution < -0.4 is 14.8 Å². The van der Waals surface area contributed by atoms with Crippen LogP contribution in [0.4, 0.5) is 5.69 Å². The summed E-state index contributed by atoms with van der Waals surface area (Å²) in [5.74, 6) is 0.206. The maximum absolute atomic E-state index is 12.6. The molecule has 8 heteroatoms. The maximum Gasteiger partial charge on any atom is 0.343 e. The van der Waals surface area contributed by atoms with E-state index in [9.17, 15) is 9.59 Å². The number of nitrogens with one attached hydrogen (secondary N) is 1. The Morgan fingerprint density at radius 3 is 2.53 bits per heavy atom. The fourth-order valence-corrected chi connectivity index (χ4v) is 4.06. The highest BCUT2D eigenvalue weighted by Gasteiger charge is 2.24. The fraction of sp³-hybridized carbons (Fsp3) is 0.0417. The quantitative estimate of drug-likeness (QED) is 0.277. The van der Waals surface area contributed by atoms with E-state index in [0.717, 1.165) is 10.2 Å². The summed E-state index contributed by atoms with van der Waals surface area (Å²) in [7, 11) is 1.56. The van der Waals surface area contributed by atoms with Crippen molar-refractivity contribution in [1.82, 2.24) is 5.32 Å². The second kappa shape index (κ2) is 9.84. The van der Waals surface area contributed by atoms with E-state index in [1.54, 1.807) is 55.7 Å². The van der Waals surface area contributed by atoms with Crippen LogP contribution in [0.15, 0.2) is 87.2 Å². The molecule has 1 amide bonds. The molecule has 0 aromatic heterocycles. The van der Waals surface area contributed by atoms with Crippen molar-refractivity contribution in [2.45, 2.75) is 0 Å². The molecule has 160 valence electrons. The van der Waals surface area contributed by atoms with Crippen molar-refractivity contribution in [3.8, 4) is 11.5 Å². The Morgan fingerprint density at radius 2 is 1.81 bits per heavy atom. The molecule has 0 aliphatic carbocycles. The lowest BCUT2D eigenvalue weighted by atomic mass is 10.1. The normalized spacial score (nSPS) is 15.6. The molecule has 0 atom stereocenters. The molecule has 4 rings (SSSR count). The molecule has 1 saturated heterocycles. The largest absolute Gasteiger partial charge is 0.497 e. The minimum absolute atomic E-state index is 0.267. The van der Waals surface area contributed by atoms with Crippen LogP contribution in [0.25, 0.3) is 6.08 Å². The lowest BCUT2D eigenvalue weighted by Crippen LogP contribution is -2.19. The minimum Gasteiger partial charge on any atom is -0.497 e. The van der Waals surface area contributed by atoms with E-state index in [1.165, 1.54) is 11.8 Å². The van der Waals surface area contributed by atoms with Crippen LogP contribution in [0.2, 0.25) is 0 Å². The number of amidine groups is 1. The van der Waals surface area contributed by atoms with E-state index in [0.29, 0.717) is 32.7 Å². The first-order chi connectivity index (χ1) is 15.5. The number of para-hydroxylation sites is 1. The number of carbonyl (C=O) groups is 2. The lowest BCUT2D eigenvalue weighted by molar-refractivity contribution is -0.115. The summed E-state index contributed by atoms with van der Waals surface area (Å²) < 4.78 is 11.5. The molecule has 1 N–H and O–H groups in total. The average molecular weight is 509 g/mol. The highest BCUT2D eigenvalue weighted by Crippen LogP contribution is 2.32. The number of hydrogen-bond acceptors (Lipinski definition) is 6. The molecule has 6 nitrogen and oxygen atoms in total. The zero-order valence-corrected chi connectivity index (χ0v) is 19.3. The number of nitrogens with zero attached hydrogens (tertiary/aromatic N) is 1. The van der Waals surface area contributed by atoms with Gasteiger partial charge in [-0.2, -0.15) is 0 Å². The number of hydrogen-bond donors (Lipinski definition) is 1. The number of benzene rings is 3. The van der Waals surface area contributed by atoms with Crippen LogP contribution >= 0.6 is 27.7 Å². The first-order valence-corrected chi connectivity index (χ1v) is 11.1. The van der Waals surface area contributed by atoms with Crippen molar-refractivity contribution in [3.63, 3.8) is 0 Å². The fourth-order valence-electron chi connectivity index (χ4n) is 2.85. The van der Waals surface area contributed by atoms with Crippen LogP contribution in [-0.2, 0) is 4.79 Å². The number of thioether (sulfide) groups is 1. The monoisotopic (exact) mass is 508 g/mol. The van der Waals surface area contributed by atoms with E-state index in [4.69, 9.17) is 9.47 Å². The van der Waals surface area contributed by atoms with Gasteiger partial charge in [0.05, 0.1) is 23.3 Å². The molecule has 1 aliphatic rings. The maximum atomic E-state index is 12.6. The van der Waals surface area contributed by atoms with Gasteiger partial charge >= 0.3 is 5.97 Å². The second-order valence-electron chi connectivity index (χ2n) is 6.62. The van der Waals surface area contributed by atoms with Crippen LogP contribution in [0.1, 0.15) is 15.9 Å². The highest BCUT2D eigenvalue weighted by molar-refractivity contribution is 9.10. The lowest BCUT2D eigenvalue weighted by Gasteiger charge is -2.09. The van der Waals surface area contributed by atoms with E-state index in [1.807, 2.05) is 30.3 Å². The zero-order chi connectivity index (χ0) is 22.5. The van der Waals surface area contributed by atoms with Crippen LogP contribution in [0.5, 0.6) is 11.5 Å². The molecule has 0 unspecified atom stereocenters. The number of methoxy groups -OCH3 is 1. The summed E-state index contributed by atoms with van der Waals surface area (Å²) in [5.41, 5.74) is 1.71. The van der Waals surface area contributed by atoms with Gasteiger partial charge in [-0.1, -0.05) is 34.1 Å². The Bertz CT molecular complexity index is 1220. The standard InChI is InChI=1S/C24H17BrN2O4S/c1-30-19-10-7-15(8-11-19)23(29)31-20-12-9-17(25)13-16(20)14-21-22(28)27-24(32-21)26-18-5-3-2-4-6-18/h2-14H,1H3,(H,26,27,28)/b21-14-. The van der Waals surface area contributed by atoms with Gasteiger partial charge in [0, 0.05) is 10.0 Å². The minimum atomic E-state index is -0.510. The predicted molar refractivity (Wildman–Crippen MR) is 129 cm³/mol. The second-order valence-corrected chi connectivity index (χ2v) is 8.56. The van der Waals surface area contributed by atoms with Gasteiger partial charge in [-0.25, -0.2) is 9.79 Å². The first-order valence-electron chi connectivity index (χ1n) is 9.52. The molecular formula is C24H17BrN2O4S. The molecule has 0 bridgehead atoms. The van der Waals surface area contributed by atoms with Gasteiger partial charge in [-0.3, -0.25) is 4.79 Å². The molecule has 3 aromatic rings. The van der Waals surface area contributed by atoms with Gasteiger partial charge < -0.3 is 14.8 Å². The molecule has 1 aliphatic heterocycles. The Labute approximate surface area is 197 Å². The summed E-state index contributed by atoms with van der Waals surface area (Å²) in [6.45, 7) is 0. The SMILES string of the molecule is COc1ccc(C(=O)Oc2ccc(Br)cc2/C=C2\SC(=Nc3ccccc3)NC2=O)cc1. The Morgan fingerprint density at radius 1 is 1.06 bits per heavy atom. The van der Waals surface area contributed by atoms with Crippen LogP contribution in [-0.4, -0.2) is 24.2 Å². The highest BCUT2D eigenvalue weighted by atomic mass is 79.9. The number of ether oxygens (including phenoxy) is 2.